The third-order valence-electron chi connectivity index (χ3n) is 10.5. The summed E-state index contributed by atoms with van der Waals surface area (Å²) in [4.78, 5) is 37.8. The molecule has 0 aromatic rings. The van der Waals surface area contributed by atoms with Crippen molar-refractivity contribution in [3.05, 3.63) is 60.8 Å². The summed E-state index contributed by atoms with van der Waals surface area (Å²) in [6.45, 7) is 6.51. The third-order valence-corrected chi connectivity index (χ3v) is 10.5. The van der Waals surface area contributed by atoms with Crippen molar-refractivity contribution >= 4 is 17.9 Å². The van der Waals surface area contributed by atoms with E-state index >= 15 is 0 Å². The Labute approximate surface area is 364 Å². The number of rotatable bonds is 44. The Morgan fingerprint density at radius 1 is 0.339 bits per heavy atom. The maximum absolute atomic E-state index is 12.7. The minimum absolute atomic E-state index is 0.0977. The van der Waals surface area contributed by atoms with E-state index in [1.54, 1.807) is 0 Å². The van der Waals surface area contributed by atoms with Gasteiger partial charge in [0.05, 0.1) is 0 Å². The van der Waals surface area contributed by atoms with Crippen LogP contribution in [0.3, 0.4) is 0 Å². The van der Waals surface area contributed by atoms with E-state index in [0.717, 1.165) is 83.5 Å². The van der Waals surface area contributed by atoms with E-state index in [2.05, 4.69) is 81.5 Å². The van der Waals surface area contributed by atoms with Crippen molar-refractivity contribution in [1.82, 2.24) is 0 Å². The van der Waals surface area contributed by atoms with Crippen LogP contribution in [0.1, 0.15) is 239 Å². The number of carbonyl (C=O) groups is 3. The molecule has 0 aromatic carbocycles. The van der Waals surface area contributed by atoms with Gasteiger partial charge >= 0.3 is 17.9 Å². The van der Waals surface area contributed by atoms with Gasteiger partial charge in [-0.25, -0.2) is 0 Å². The molecule has 0 aliphatic heterocycles. The van der Waals surface area contributed by atoms with Crippen LogP contribution in [-0.4, -0.2) is 37.2 Å². The molecule has 340 valence electrons. The number of allylic oxidation sites excluding steroid dienone is 10. The molecule has 0 saturated heterocycles. The molecule has 0 unspecified atom stereocenters. The second-order valence-corrected chi connectivity index (χ2v) is 16.4. The predicted molar refractivity (Wildman–Crippen MR) is 251 cm³/mol. The van der Waals surface area contributed by atoms with Gasteiger partial charge in [0.15, 0.2) is 6.10 Å². The van der Waals surface area contributed by atoms with E-state index in [0.29, 0.717) is 19.3 Å². The highest BCUT2D eigenvalue weighted by Crippen LogP contribution is 2.13. The molecule has 0 bridgehead atoms. The minimum atomic E-state index is -0.799. The fourth-order valence-corrected chi connectivity index (χ4v) is 6.67. The van der Waals surface area contributed by atoms with Crippen molar-refractivity contribution in [2.45, 2.75) is 245 Å². The van der Waals surface area contributed by atoms with Crippen LogP contribution >= 0.6 is 0 Å². The molecular weight excluding hydrogens is 733 g/mol. The molecule has 0 N–H and O–H groups in total. The summed E-state index contributed by atoms with van der Waals surface area (Å²) in [6, 6.07) is 0. The molecule has 0 heterocycles. The van der Waals surface area contributed by atoms with E-state index in [1.165, 1.54) is 109 Å². The second-order valence-electron chi connectivity index (χ2n) is 16.4. The number of esters is 3. The summed E-state index contributed by atoms with van der Waals surface area (Å²) in [6.07, 6.45) is 57.8. The van der Waals surface area contributed by atoms with Crippen LogP contribution in [0.25, 0.3) is 0 Å². The Hall–Kier alpha value is -2.89. The van der Waals surface area contributed by atoms with Gasteiger partial charge in [0, 0.05) is 19.3 Å². The Kier molecular flexibility index (Phi) is 45.4. The van der Waals surface area contributed by atoms with E-state index in [-0.39, 0.29) is 37.5 Å². The Balaban J connectivity index is 4.46. The first kappa shape index (κ1) is 56.1. The molecule has 0 saturated carbocycles. The first-order valence-corrected chi connectivity index (χ1v) is 24.8. The smallest absolute Gasteiger partial charge is 0.306 e. The van der Waals surface area contributed by atoms with Crippen LogP contribution < -0.4 is 0 Å². The van der Waals surface area contributed by atoms with E-state index < -0.39 is 6.10 Å². The SMILES string of the molecule is CCCC/C=C\CCCCCCCC(=O)OC[C@@H](COC(=O)CCC/C=C\C/C=C\C/C=C\CCCCCCCC)OC(=O)CCCCCCC/C=C\CCCCCC. The van der Waals surface area contributed by atoms with Gasteiger partial charge in [-0.15, -0.1) is 0 Å². The van der Waals surface area contributed by atoms with Crippen LogP contribution in [0.2, 0.25) is 0 Å². The zero-order chi connectivity index (χ0) is 43.0. The molecule has 0 amide bonds. The van der Waals surface area contributed by atoms with Gasteiger partial charge in [-0.3, -0.25) is 14.4 Å². The molecule has 0 aliphatic rings. The van der Waals surface area contributed by atoms with Crippen LogP contribution in [0.5, 0.6) is 0 Å². The van der Waals surface area contributed by atoms with Crippen molar-refractivity contribution < 1.29 is 28.6 Å². The molecule has 59 heavy (non-hydrogen) atoms. The van der Waals surface area contributed by atoms with E-state index in [4.69, 9.17) is 14.2 Å². The topological polar surface area (TPSA) is 78.9 Å². The molecular formula is C53H92O6. The first-order valence-electron chi connectivity index (χ1n) is 24.8. The largest absolute Gasteiger partial charge is 0.462 e. The zero-order valence-corrected chi connectivity index (χ0v) is 38.8. The van der Waals surface area contributed by atoms with Gasteiger partial charge in [0.1, 0.15) is 13.2 Å². The lowest BCUT2D eigenvalue weighted by atomic mass is 10.1. The number of unbranched alkanes of at least 4 members (excludes halogenated alkanes) is 23. The second kappa shape index (κ2) is 47.8. The van der Waals surface area contributed by atoms with Crippen LogP contribution in [0.15, 0.2) is 60.8 Å². The van der Waals surface area contributed by atoms with Gasteiger partial charge in [-0.1, -0.05) is 184 Å². The summed E-state index contributed by atoms with van der Waals surface area (Å²) in [5, 5.41) is 0. The molecule has 0 rings (SSSR count). The van der Waals surface area contributed by atoms with Crippen molar-refractivity contribution in [3.8, 4) is 0 Å². The number of hydrogen-bond acceptors (Lipinski definition) is 6. The number of carbonyl (C=O) groups excluding carboxylic acids is 3. The Morgan fingerprint density at radius 3 is 1.10 bits per heavy atom. The highest BCUT2D eigenvalue weighted by molar-refractivity contribution is 5.71. The average molecular weight is 825 g/mol. The molecule has 6 nitrogen and oxygen atoms in total. The summed E-state index contributed by atoms with van der Waals surface area (Å²) in [7, 11) is 0. The summed E-state index contributed by atoms with van der Waals surface area (Å²) >= 11 is 0. The van der Waals surface area contributed by atoms with Crippen LogP contribution in [-0.2, 0) is 28.6 Å². The van der Waals surface area contributed by atoms with Crippen molar-refractivity contribution in [2.24, 2.45) is 0 Å². The highest BCUT2D eigenvalue weighted by atomic mass is 16.6. The summed E-state index contributed by atoms with van der Waals surface area (Å²) < 4.78 is 16.7. The van der Waals surface area contributed by atoms with Gasteiger partial charge in [0.25, 0.3) is 0 Å². The highest BCUT2D eigenvalue weighted by Gasteiger charge is 2.19. The molecule has 0 aromatic heterocycles. The Bertz CT molecular complexity index is 1090. The fourth-order valence-electron chi connectivity index (χ4n) is 6.67. The lowest BCUT2D eigenvalue weighted by molar-refractivity contribution is -0.167. The number of ether oxygens (including phenoxy) is 3. The first-order chi connectivity index (χ1) is 29.0. The average Bonchev–Trinajstić information content (AvgIpc) is 3.23. The van der Waals surface area contributed by atoms with Crippen molar-refractivity contribution in [3.63, 3.8) is 0 Å². The predicted octanol–water partition coefficient (Wildman–Crippen LogP) is 16.1. The van der Waals surface area contributed by atoms with Gasteiger partial charge < -0.3 is 14.2 Å². The van der Waals surface area contributed by atoms with Crippen molar-refractivity contribution in [2.75, 3.05) is 13.2 Å². The van der Waals surface area contributed by atoms with Gasteiger partial charge in [-0.2, -0.15) is 0 Å². The molecule has 0 radical (unpaired) electrons. The third kappa shape index (κ3) is 46.0. The maximum Gasteiger partial charge on any atom is 0.306 e. The lowest BCUT2D eigenvalue weighted by Crippen LogP contribution is -2.30. The summed E-state index contributed by atoms with van der Waals surface area (Å²) in [5.41, 5.74) is 0. The Morgan fingerprint density at radius 2 is 0.644 bits per heavy atom. The normalized spacial score (nSPS) is 12.5. The standard InChI is InChI=1S/C53H92O6/c1-4-7-10-13-16-19-22-24-25-26-27-29-31-34-37-40-43-46-52(55)58-49-50(48-57-51(54)45-42-39-36-33-30-21-18-15-12-9-6-3)59-53(56)47-44-41-38-35-32-28-23-20-17-14-11-8-5-2/h15,18,20,23-25,27,29,34,37,50H,4-14,16-17,19,21-22,26,28,30-33,35-36,38-49H2,1-3H3/b18-15-,23-20-,25-24-,29-27-,37-34-/t50-/m0/s1. The summed E-state index contributed by atoms with van der Waals surface area (Å²) in [5.74, 6) is -0.970. The molecule has 0 fully saturated rings. The number of hydrogen-bond donors (Lipinski definition) is 0. The van der Waals surface area contributed by atoms with Gasteiger partial charge in [-0.05, 0) is 96.3 Å². The lowest BCUT2D eigenvalue weighted by Gasteiger charge is -2.18. The van der Waals surface area contributed by atoms with Crippen LogP contribution in [0.4, 0.5) is 0 Å². The molecule has 1 atom stereocenters. The molecule has 0 spiro atoms. The van der Waals surface area contributed by atoms with Crippen LogP contribution in [0, 0.1) is 0 Å². The van der Waals surface area contributed by atoms with Crippen molar-refractivity contribution in [1.29, 1.82) is 0 Å². The molecule has 6 heteroatoms. The van der Waals surface area contributed by atoms with E-state index in [1.807, 2.05) is 0 Å². The minimum Gasteiger partial charge on any atom is -0.462 e. The quantitative estimate of drug-likeness (QED) is 0.0263. The van der Waals surface area contributed by atoms with Gasteiger partial charge in [0.2, 0.25) is 0 Å². The maximum atomic E-state index is 12.7. The van der Waals surface area contributed by atoms with E-state index in [9.17, 15) is 14.4 Å². The monoisotopic (exact) mass is 825 g/mol. The zero-order valence-electron chi connectivity index (χ0n) is 38.8. The fraction of sp³-hybridized carbons (Fsp3) is 0.755. The molecule has 0 aliphatic carbocycles.